The molecule has 17 heavy (non-hydrogen) atoms. The third-order valence-corrected chi connectivity index (χ3v) is 4.13. The molecule has 1 aromatic carbocycles. The van der Waals surface area contributed by atoms with Crippen LogP contribution in [0.3, 0.4) is 0 Å². The Morgan fingerprint density at radius 2 is 2.12 bits per heavy atom. The summed E-state index contributed by atoms with van der Waals surface area (Å²) < 4.78 is 6.51. The highest BCUT2D eigenvalue weighted by Crippen LogP contribution is 2.29. The Balaban J connectivity index is 1.84. The van der Waals surface area contributed by atoms with Crippen molar-refractivity contribution in [3.8, 4) is 5.75 Å². The molecule has 2 aromatic rings. The number of ether oxygens (including phenoxy) is 1. The summed E-state index contributed by atoms with van der Waals surface area (Å²) in [6.07, 6.45) is 0. The minimum atomic E-state index is 0.345. The van der Waals surface area contributed by atoms with Crippen LogP contribution >= 0.6 is 11.3 Å². The predicted molar refractivity (Wildman–Crippen MR) is 69.6 cm³/mol. The van der Waals surface area contributed by atoms with Crippen LogP contribution in [0.2, 0.25) is 0 Å². The molecule has 0 aliphatic carbocycles. The molecule has 0 amide bonds. The van der Waals surface area contributed by atoms with Gasteiger partial charge in [0.2, 0.25) is 0 Å². The number of aromatic hydroxyl groups is 1. The van der Waals surface area contributed by atoms with E-state index in [0.717, 1.165) is 37.5 Å². The smallest absolute Gasteiger partial charge is 0.117 e. The summed E-state index contributed by atoms with van der Waals surface area (Å²) in [7, 11) is 0. The van der Waals surface area contributed by atoms with E-state index in [1.165, 1.54) is 10.9 Å². The molecule has 0 unspecified atom stereocenters. The third kappa shape index (κ3) is 2.29. The molecule has 1 aromatic heterocycles. The fourth-order valence-electron chi connectivity index (χ4n) is 2.19. The maximum absolute atomic E-state index is 9.44. The van der Waals surface area contributed by atoms with Gasteiger partial charge < -0.3 is 9.84 Å². The number of morpholine rings is 1. The molecular weight excluding hydrogens is 234 g/mol. The Labute approximate surface area is 104 Å². The van der Waals surface area contributed by atoms with Gasteiger partial charge in [-0.2, -0.15) is 0 Å². The van der Waals surface area contributed by atoms with Crippen molar-refractivity contribution in [1.82, 2.24) is 4.90 Å². The Kier molecular flexibility index (Phi) is 3.01. The maximum Gasteiger partial charge on any atom is 0.117 e. The monoisotopic (exact) mass is 249 g/mol. The second-order valence-corrected chi connectivity index (χ2v) is 5.24. The summed E-state index contributed by atoms with van der Waals surface area (Å²) in [5.41, 5.74) is 1.35. The molecule has 2 heterocycles. The van der Waals surface area contributed by atoms with Gasteiger partial charge in [0.1, 0.15) is 5.75 Å². The zero-order chi connectivity index (χ0) is 11.7. The van der Waals surface area contributed by atoms with Crippen molar-refractivity contribution in [2.75, 3.05) is 26.3 Å². The van der Waals surface area contributed by atoms with Crippen molar-refractivity contribution in [3.63, 3.8) is 0 Å². The van der Waals surface area contributed by atoms with Crippen LogP contribution in [0.1, 0.15) is 5.56 Å². The highest BCUT2D eigenvalue weighted by atomic mass is 32.1. The van der Waals surface area contributed by atoms with E-state index < -0.39 is 0 Å². The number of phenolic OH excluding ortho intramolecular Hbond substituents is 1. The molecule has 0 bridgehead atoms. The number of phenols is 1. The van der Waals surface area contributed by atoms with Crippen LogP contribution in [-0.4, -0.2) is 36.3 Å². The number of nitrogens with zero attached hydrogens (tertiary/aromatic N) is 1. The van der Waals surface area contributed by atoms with E-state index in [2.05, 4.69) is 10.3 Å². The van der Waals surface area contributed by atoms with Gasteiger partial charge in [-0.25, -0.2) is 0 Å². The molecule has 1 N–H and O–H groups in total. The standard InChI is InChI=1S/C13H15NO2S/c15-11-1-2-12-10(9-17-13(12)7-11)8-14-3-5-16-6-4-14/h1-2,7,9,15H,3-6,8H2. The lowest BCUT2D eigenvalue weighted by Gasteiger charge is -2.26. The first-order valence-electron chi connectivity index (χ1n) is 5.82. The van der Waals surface area contributed by atoms with Gasteiger partial charge in [0.05, 0.1) is 13.2 Å². The first-order chi connectivity index (χ1) is 8.33. The van der Waals surface area contributed by atoms with Crippen molar-refractivity contribution in [1.29, 1.82) is 0 Å². The average molecular weight is 249 g/mol. The summed E-state index contributed by atoms with van der Waals surface area (Å²) in [6, 6.07) is 5.61. The Morgan fingerprint density at radius 1 is 1.29 bits per heavy atom. The lowest BCUT2D eigenvalue weighted by Crippen LogP contribution is -2.35. The maximum atomic E-state index is 9.44. The largest absolute Gasteiger partial charge is 0.508 e. The first kappa shape index (κ1) is 11.0. The van der Waals surface area contributed by atoms with Crippen LogP contribution < -0.4 is 0 Å². The van der Waals surface area contributed by atoms with Gasteiger partial charge in [-0.1, -0.05) is 0 Å². The van der Waals surface area contributed by atoms with E-state index in [-0.39, 0.29) is 0 Å². The number of thiophene rings is 1. The molecule has 0 radical (unpaired) electrons. The fourth-order valence-corrected chi connectivity index (χ4v) is 3.18. The van der Waals surface area contributed by atoms with E-state index in [1.807, 2.05) is 12.1 Å². The van der Waals surface area contributed by atoms with Gasteiger partial charge in [-0.15, -0.1) is 11.3 Å². The van der Waals surface area contributed by atoms with Gasteiger partial charge in [0.25, 0.3) is 0 Å². The predicted octanol–water partition coefficient (Wildman–Crippen LogP) is 2.44. The van der Waals surface area contributed by atoms with Crippen LogP contribution in [-0.2, 0) is 11.3 Å². The molecule has 0 saturated carbocycles. The summed E-state index contributed by atoms with van der Waals surface area (Å²) in [5, 5.41) is 12.9. The van der Waals surface area contributed by atoms with Gasteiger partial charge in [-0.05, 0) is 34.5 Å². The van der Waals surface area contributed by atoms with Crippen LogP contribution in [0.15, 0.2) is 23.6 Å². The molecule has 3 rings (SSSR count). The first-order valence-corrected chi connectivity index (χ1v) is 6.70. The number of hydrogen-bond acceptors (Lipinski definition) is 4. The van der Waals surface area contributed by atoms with Crippen LogP contribution in [0.4, 0.5) is 0 Å². The molecular formula is C13H15NO2S. The number of fused-ring (bicyclic) bond motifs is 1. The lowest BCUT2D eigenvalue weighted by atomic mass is 10.1. The number of benzene rings is 1. The minimum absolute atomic E-state index is 0.345. The molecule has 1 fully saturated rings. The molecule has 3 nitrogen and oxygen atoms in total. The fraction of sp³-hybridized carbons (Fsp3) is 0.385. The van der Waals surface area contributed by atoms with E-state index in [1.54, 1.807) is 17.4 Å². The zero-order valence-corrected chi connectivity index (χ0v) is 10.4. The SMILES string of the molecule is Oc1ccc2c(CN3CCOCC3)csc2c1. The molecule has 90 valence electrons. The average Bonchev–Trinajstić information content (AvgIpc) is 2.73. The molecule has 1 aliphatic rings. The van der Waals surface area contributed by atoms with Gasteiger partial charge >= 0.3 is 0 Å². The third-order valence-electron chi connectivity index (χ3n) is 3.14. The van der Waals surface area contributed by atoms with Crippen molar-refractivity contribution in [2.45, 2.75) is 6.54 Å². The quantitative estimate of drug-likeness (QED) is 0.887. The Morgan fingerprint density at radius 3 is 2.94 bits per heavy atom. The second-order valence-electron chi connectivity index (χ2n) is 4.33. The van der Waals surface area contributed by atoms with Gasteiger partial charge in [0, 0.05) is 24.3 Å². The van der Waals surface area contributed by atoms with Crippen molar-refractivity contribution < 1.29 is 9.84 Å². The van der Waals surface area contributed by atoms with Crippen LogP contribution in [0.5, 0.6) is 5.75 Å². The minimum Gasteiger partial charge on any atom is -0.508 e. The topological polar surface area (TPSA) is 32.7 Å². The van der Waals surface area contributed by atoms with E-state index in [4.69, 9.17) is 4.74 Å². The van der Waals surface area contributed by atoms with Crippen LogP contribution in [0, 0.1) is 0 Å². The van der Waals surface area contributed by atoms with E-state index in [0.29, 0.717) is 5.75 Å². The van der Waals surface area contributed by atoms with Crippen molar-refractivity contribution >= 4 is 21.4 Å². The molecule has 1 aliphatic heterocycles. The highest BCUT2D eigenvalue weighted by Gasteiger charge is 2.13. The Bertz CT molecular complexity index is 517. The molecule has 4 heteroatoms. The molecule has 0 spiro atoms. The summed E-state index contributed by atoms with van der Waals surface area (Å²) >= 11 is 1.70. The zero-order valence-electron chi connectivity index (χ0n) is 9.56. The summed E-state index contributed by atoms with van der Waals surface area (Å²) in [4.78, 5) is 2.41. The second kappa shape index (κ2) is 4.64. The van der Waals surface area contributed by atoms with Crippen molar-refractivity contribution in [3.05, 3.63) is 29.1 Å². The van der Waals surface area contributed by atoms with Gasteiger partial charge in [-0.3, -0.25) is 4.90 Å². The highest BCUT2D eigenvalue weighted by molar-refractivity contribution is 7.17. The molecule has 1 saturated heterocycles. The number of hydrogen-bond donors (Lipinski definition) is 1. The van der Waals surface area contributed by atoms with E-state index >= 15 is 0 Å². The van der Waals surface area contributed by atoms with Gasteiger partial charge in [0.15, 0.2) is 0 Å². The lowest BCUT2D eigenvalue weighted by molar-refractivity contribution is 0.0344. The van der Waals surface area contributed by atoms with Crippen molar-refractivity contribution in [2.24, 2.45) is 0 Å². The summed E-state index contributed by atoms with van der Waals surface area (Å²) in [5.74, 6) is 0.345. The molecule has 0 atom stereocenters. The normalized spacial score (nSPS) is 17.6. The summed E-state index contributed by atoms with van der Waals surface area (Å²) in [6.45, 7) is 4.67. The Hall–Kier alpha value is -1.10. The van der Waals surface area contributed by atoms with Crippen LogP contribution in [0.25, 0.3) is 10.1 Å². The number of rotatable bonds is 2. The van der Waals surface area contributed by atoms with E-state index in [9.17, 15) is 5.11 Å².